The van der Waals surface area contributed by atoms with Crippen LogP contribution in [0.3, 0.4) is 0 Å². The lowest BCUT2D eigenvalue weighted by atomic mass is 10.0. The molecule has 2 heterocycles. The Morgan fingerprint density at radius 3 is 2.65 bits per heavy atom. The van der Waals surface area contributed by atoms with Crippen molar-refractivity contribution in [3.05, 3.63) is 95.9 Å². The Morgan fingerprint density at radius 1 is 1.05 bits per heavy atom. The number of nitrogens with zero attached hydrogens (tertiary/aromatic N) is 2. The lowest BCUT2D eigenvalue weighted by molar-refractivity contribution is -0.119. The molecule has 0 bridgehead atoms. The third kappa shape index (κ3) is 5.76. The van der Waals surface area contributed by atoms with Gasteiger partial charge in [0.2, 0.25) is 5.91 Å². The highest BCUT2D eigenvalue weighted by atomic mass is 19.1. The summed E-state index contributed by atoms with van der Waals surface area (Å²) < 4.78 is 20.3. The molecule has 2 N–H and O–H groups in total. The second-order valence-corrected chi connectivity index (χ2v) is 9.01. The molecule has 8 heteroatoms. The van der Waals surface area contributed by atoms with E-state index in [0.29, 0.717) is 24.3 Å². The highest BCUT2D eigenvalue weighted by Gasteiger charge is 2.32. The standard InChI is InChI=1S/C29H27FN4O3/c1-19(35)32-17-25-18-34(29(36)37-25)24-12-13-26(27(30)14-24)21-8-6-20(7-9-21)15-31-16-23-11-10-22-4-2-3-5-28(22)33-23/h2-14,25,31H,15-18H2,1H3,(H,32,35)/t25-/m0/s1. The van der Waals surface area contributed by atoms with Crippen molar-refractivity contribution < 1.29 is 18.7 Å². The van der Waals surface area contributed by atoms with E-state index in [0.717, 1.165) is 27.7 Å². The Kier molecular flexibility index (Phi) is 7.09. The van der Waals surface area contributed by atoms with Crippen LogP contribution in [0.1, 0.15) is 18.2 Å². The smallest absolute Gasteiger partial charge is 0.414 e. The van der Waals surface area contributed by atoms with Crippen molar-refractivity contribution in [2.75, 3.05) is 18.0 Å². The Bertz CT molecular complexity index is 1440. The van der Waals surface area contributed by atoms with Crippen LogP contribution in [0, 0.1) is 5.82 Å². The maximum absolute atomic E-state index is 15.0. The number of cyclic esters (lactones) is 1. The number of hydrogen-bond donors (Lipinski definition) is 2. The molecule has 0 unspecified atom stereocenters. The summed E-state index contributed by atoms with van der Waals surface area (Å²) in [7, 11) is 0. The van der Waals surface area contributed by atoms with Gasteiger partial charge in [0.25, 0.3) is 0 Å². The minimum atomic E-state index is -0.557. The van der Waals surface area contributed by atoms with E-state index in [-0.39, 0.29) is 19.0 Å². The maximum Gasteiger partial charge on any atom is 0.414 e. The molecule has 0 spiro atoms. The van der Waals surface area contributed by atoms with E-state index in [1.54, 1.807) is 12.1 Å². The number of amides is 2. The lowest BCUT2D eigenvalue weighted by Crippen LogP contribution is -2.33. The van der Waals surface area contributed by atoms with Crippen molar-refractivity contribution in [3.8, 4) is 11.1 Å². The fourth-order valence-electron chi connectivity index (χ4n) is 4.35. The summed E-state index contributed by atoms with van der Waals surface area (Å²) in [6.07, 6.45) is -1.03. The predicted molar refractivity (Wildman–Crippen MR) is 140 cm³/mol. The third-order valence-corrected chi connectivity index (χ3v) is 6.27. The highest BCUT2D eigenvalue weighted by Crippen LogP contribution is 2.29. The molecule has 1 aliphatic heterocycles. The Labute approximate surface area is 214 Å². The summed E-state index contributed by atoms with van der Waals surface area (Å²) in [5.41, 5.74) is 4.64. The van der Waals surface area contributed by atoms with Gasteiger partial charge in [0, 0.05) is 31.0 Å². The molecular weight excluding hydrogens is 471 g/mol. The minimum Gasteiger partial charge on any atom is -0.442 e. The molecule has 1 atom stereocenters. The lowest BCUT2D eigenvalue weighted by Gasteiger charge is -2.15. The fourth-order valence-corrected chi connectivity index (χ4v) is 4.35. The molecule has 188 valence electrons. The number of pyridine rings is 1. The van der Waals surface area contributed by atoms with Crippen LogP contribution in [0.2, 0.25) is 0 Å². The molecule has 5 rings (SSSR count). The number of ether oxygens (including phenoxy) is 1. The summed E-state index contributed by atoms with van der Waals surface area (Å²) in [4.78, 5) is 29.4. The van der Waals surface area contributed by atoms with E-state index in [2.05, 4.69) is 21.7 Å². The van der Waals surface area contributed by atoms with E-state index in [4.69, 9.17) is 4.74 Å². The van der Waals surface area contributed by atoms with E-state index in [1.165, 1.54) is 17.9 Å². The first kappa shape index (κ1) is 24.4. The number of benzene rings is 3. The topological polar surface area (TPSA) is 83.6 Å². The molecule has 4 aromatic rings. The molecule has 2 amide bonds. The van der Waals surface area contributed by atoms with Crippen molar-refractivity contribution in [2.45, 2.75) is 26.1 Å². The van der Waals surface area contributed by atoms with Gasteiger partial charge in [-0.3, -0.25) is 14.7 Å². The van der Waals surface area contributed by atoms with Crippen LogP contribution in [0.25, 0.3) is 22.0 Å². The quantitative estimate of drug-likeness (QED) is 0.365. The summed E-state index contributed by atoms with van der Waals surface area (Å²) >= 11 is 0. The van der Waals surface area contributed by atoms with Crippen LogP contribution in [0.4, 0.5) is 14.9 Å². The fraction of sp³-hybridized carbons (Fsp3) is 0.207. The maximum atomic E-state index is 15.0. The van der Waals surface area contributed by atoms with Gasteiger partial charge in [-0.25, -0.2) is 9.18 Å². The van der Waals surface area contributed by atoms with Gasteiger partial charge in [-0.2, -0.15) is 0 Å². The van der Waals surface area contributed by atoms with Gasteiger partial charge in [0.05, 0.1) is 30.0 Å². The van der Waals surface area contributed by atoms with Crippen LogP contribution in [-0.4, -0.2) is 36.2 Å². The van der Waals surface area contributed by atoms with Crippen LogP contribution in [0.5, 0.6) is 0 Å². The average Bonchev–Trinajstić information content (AvgIpc) is 3.28. The first-order chi connectivity index (χ1) is 18.0. The molecule has 1 aromatic heterocycles. The van der Waals surface area contributed by atoms with Crippen molar-refractivity contribution in [1.82, 2.24) is 15.6 Å². The van der Waals surface area contributed by atoms with Gasteiger partial charge in [-0.15, -0.1) is 0 Å². The molecule has 7 nitrogen and oxygen atoms in total. The van der Waals surface area contributed by atoms with Crippen molar-refractivity contribution in [3.63, 3.8) is 0 Å². The number of carbonyl (C=O) groups excluding carboxylic acids is 2. The van der Waals surface area contributed by atoms with Gasteiger partial charge in [-0.1, -0.05) is 48.5 Å². The molecule has 3 aromatic carbocycles. The van der Waals surface area contributed by atoms with Gasteiger partial charge in [0.1, 0.15) is 11.9 Å². The zero-order valence-electron chi connectivity index (χ0n) is 20.4. The van der Waals surface area contributed by atoms with E-state index in [9.17, 15) is 9.59 Å². The van der Waals surface area contributed by atoms with Crippen molar-refractivity contribution in [2.24, 2.45) is 0 Å². The summed E-state index contributed by atoms with van der Waals surface area (Å²) in [6, 6.07) is 24.5. The zero-order chi connectivity index (χ0) is 25.8. The van der Waals surface area contributed by atoms with Crippen molar-refractivity contribution in [1.29, 1.82) is 0 Å². The summed E-state index contributed by atoms with van der Waals surface area (Å²) in [5, 5.41) is 7.15. The number of halogens is 1. The van der Waals surface area contributed by atoms with Crippen LogP contribution >= 0.6 is 0 Å². The number of para-hydroxylation sites is 1. The molecule has 0 aliphatic carbocycles. The first-order valence-electron chi connectivity index (χ1n) is 12.1. The summed E-state index contributed by atoms with van der Waals surface area (Å²) in [6.45, 7) is 3.17. The largest absolute Gasteiger partial charge is 0.442 e. The number of hydrogen-bond acceptors (Lipinski definition) is 5. The van der Waals surface area contributed by atoms with Gasteiger partial charge >= 0.3 is 6.09 Å². The molecular formula is C29H27FN4O3. The Morgan fingerprint density at radius 2 is 1.86 bits per heavy atom. The van der Waals surface area contributed by atoms with E-state index in [1.807, 2.05) is 54.6 Å². The zero-order valence-corrected chi connectivity index (χ0v) is 20.4. The minimum absolute atomic E-state index is 0.200. The molecule has 0 saturated carbocycles. The van der Waals surface area contributed by atoms with Crippen LogP contribution in [-0.2, 0) is 22.6 Å². The monoisotopic (exact) mass is 498 g/mol. The van der Waals surface area contributed by atoms with E-state index < -0.39 is 18.0 Å². The number of fused-ring (bicyclic) bond motifs is 1. The average molecular weight is 499 g/mol. The molecule has 1 aliphatic rings. The molecule has 37 heavy (non-hydrogen) atoms. The van der Waals surface area contributed by atoms with Crippen molar-refractivity contribution >= 4 is 28.6 Å². The number of rotatable bonds is 8. The highest BCUT2D eigenvalue weighted by molar-refractivity contribution is 5.90. The third-order valence-electron chi connectivity index (χ3n) is 6.27. The molecule has 1 saturated heterocycles. The van der Waals surface area contributed by atoms with Crippen LogP contribution in [0.15, 0.2) is 78.9 Å². The number of nitrogens with one attached hydrogen (secondary N) is 2. The van der Waals surface area contributed by atoms with Crippen LogP contribution < -0.4 is 15.5 Å². The Hall–Kier alpha value is -4.30. The predicted octanol–water partition coefficient (Wildman–Crippen LogP) is 4.79. The summed E-state index contributed by atoms with van der Waals surface area (Å²) in [5.74, 6) is -0.627. The number of carbonyl (C=O) groups is 2. The first-order valence-corrected chi connectivity index (χ1v) is 12.1. The van der Waals surface area contributed by atoms with Gasteiger partial charge in [0.15, 0.2) is 0 Å². The SMILES string of the molecule is CC(=O)NC[C@H]1CN(c2ccc(-c3ccc(CNCc4ccc5ccccc5n4)cc3)c(F)c2)C(=O)O1. The normalized spacial score (nSPS) is 15.1. The van der Waals surface area contributed by atoms with Gasteiger partial charge < -0.3 is 15.4 Å². The number of anilines is 1. The molecule has 1 fully saturated rings. The van der Waals surface area contributed by atoms with Gasteiger partial charge in [-0.05, 0) is 41.5 Å². The second-order valence-electron chi connectivity index (χ2n) is 9.01. The second kappa shape index (κ2) is 10.8. The molecule has 0 radical (unpaired) electrons. The van der Waals surface area contributed by atoms with E-state index >= 15 is 4.39 Å². The Balaban J connectivity index is 1.19. The number of aromatic nitrogens is 1.